The van der Waals surface area contributed by atoms with Gasteiger partial charge >= 0.3 is 6.03 Å². The normalized spacial score (nSPS) is 10.8. The number of carbonyl (C=O) groups is 1. The second-order valence-corrected chi connectivity index (χ2v) is 6.68. The summed E-state index contributed by atoms with van der Waals surface area (Å²) in [5, 5.41) is 25.3. The number of nitrogens with zero attached hydrogens (tertiary/aromatic N) is 3. The van der Waals surface area contributed by atoms with Gasteiger partial charge in [-0.2, -0.15) is 0 Å². The summed E-state index contributed by atoms with van der Waals surface area (Å²) >= 11 is 5.93. The van der Waals surface area contributed by atoms with Crippen molar-refractivity contribution in [1.29, 1.82) is 0 Å². The molecule has 0 spiro atoms. The van der Waals surface area contributed by atoms with Crippen LogP contribution in [-0.2, 0) is 0 Å². The van der Waals surface area contributed by atoms with E-state index in [4.69, 9.17) is 11.6 Å². The predicted octanol–water partition coefficient (Wildman–Crippen LogP) is 4.73. The first-order valence-corrected chi connectivity index (χ1v) is 8.87. The maximum atomic E-state index is 12.3. The van der Waals surface area contributed by atoms with Gasteiger partial charge < -0.3 is 15.7 Å². The SMILES string of the molecule is Cc1cc(NC(=O)Nc2cccc(Cl)c2)c(O)c(-n2nc3ccccc3n2)c1. The van der Waals surface area contributed by atoms with Gasteiger partial charge in [-0.3, -0.25) is 0 Å². The van der Waals surface area contributed by atoms with Gasteiger partial charge in [-0.15, -0.1) is 15.0 Å². The molecule has 3 aromatic carbocycles. The fourth-order valence-corrected chi connectivity index (χ4v) is 3.02. The second kappa shape index (κ2) is 7.21. The topological polar surface area (TPSA) is 92.1 Å². The average molecular weight is 394 g/mol. The lowest BCUT2D eigenvalue weighted by Crippen LogP contribution is -2.19. The zero-order valence-corrected chi connectivity index (χ0v) is 15.6. The Balaban J connectivity index is 1.64. The van der Waals surface area contributed by atoms with Crippen LogP contribution in [-0.4, -0.2) is 26.1 Å². The van der Waals surface area contributed by atoms with Crippen molar-refractivity contribution in [3.63, 3.8) is 0 Å². The third kappa shape index (κ3) is 3.60. The van der Waals surface area contributed by atoms with Crippen LogP contribution in [0.4, 0.5) is 16.2 Å². The maximum absolute atomic E-state index is 12.3. The summed E-state index contributed by atoms with van der Waals surface area (Å²) in [6.45, 7) is 1.85. The van der Waals surface area contributed by atoms with E-state index in [1.54, 1.807) is 36.4 Å². The van der Waals surface area contributed by atoms with Crippen LogP contribution in [0.5, 0.6) is 5.75 Å². The third-order valence-corrected chi connectivity index (χ3v) is 4.30. The summed E-state index contributed by atoms with van der Waals surface area (Å²) in [7, 11) is 0. The highest BCUT2D eigenvalue weighted by Gasteiger charge is 2.15. The summed E-state index contributed by atoms with van der Waals surface area (Å²) in [6.07, 6.45) is 0. The van der Waals surface area contributed by atoms with Crippen LogP contribution in [0.2, 0.25) is 5.02 Å². The molecule has 4 rings (SSSR count). The lowest BCUT2D eigenvalue weighted by atomic mass is 10.1. The van der Waals surface area contributed by atoms with Gasteiger partial charge in [-0.25, -0.2) is 4.79 Å². The van der Waals surface area contributed by atoms with Crippen LogP contribution in [0.3, 0.4) is 0 Å². The molecule has 0 saturated heterocycles. The number of carbonyl (C=O) groups excluding carboxylic acids is 1. The summed E-state index contributed by atoms with van der Waals surface area (Å²) in [5.41, 5.74) is 3.39. The molecular formula is C20H16ClN5O2. The monoisotopic (exact) mass is 393 g/mol. The van der Waals surface area contributed by atoms with Gasteiger partial charge in [0.1, 0.15) is 16.7 Å². The van der Waals surface area contributed by atoms with E-state index in [9.17, 15) is 9.90 Å². The van der Waals surface area contributed by atoms with Gasteiger partial charge in [0.05, 0.1) is 5.69 Å². The van der Waals surface area contributed by atoms with E-state index in [0.29, 0.717) is 27.4 Å². The Morgan fingerprint density at radius 3 is 2.39 bits per heavy atom. The molecule has 0 atom stereocenters. The number of amides is 2. The van der Waals surface area contributed by atoms with Gasteiger partial charge in [0.2, 0.25) is 0 Å². The summed E-state index contributed by atoms with van der Waals surface area (Å²) < 4.78 is 0. The minimum atomic E-state index is -0.507. The van der Waals surface area contributed by atoms with Crippen LogP contribution in [0.1, 0.15) is 5.56 Å². The first-order valence-electron chi connectivity index (χ1n) is 8.49. The molecule has 0 aliphatic heterocycles. The molecular weight excluding hydrogens is 378 g/mol. The van der Waals surface area contributed by atoms with Crippen molar-refractivity contribution in [3.8, 4) is 11.4 Å². The number of rotatable bonds is 3. The Morgan fingerprint density at radius 1 is 1.00 bits per heavy atom. The molecule has 1 heterocycles. The van der Waals surface area contributed by atoms with Crippen LogP contribution in [0.15, 0.2) is 60.7 Å². The van der Waals surface area contributed by atoms with Crippen LogP contribution in [0.25, 0.3) is 16.7 Å². The Morgan fingerprint density at radius 2 is 1.71 bits per heavy atom. The van der Waals surface area contributed by atoms with E-state index in [0.717, 1.165) is 5.56 Å². The number of halogens is 1. The van der Waals surface area contributed by atoms with Gasteiger partial charge in [0.25, 0.3) is 0 Å². The highest BCUT2D eigenvalue weighted by molar-refractivity contribution is 6.30. The van der Waals surface area contributed by atoms with Crippen molar-refractivity contribution >= 4 is 40.0 Å². The third-order valence-electron chi connectivity index (χ3n) is 4.07. The highest BCUT2D eigenvalue weighted by atomic mass is 35.5. The first-order chi connectivity index (χ1) is 13.5. The fourth-order valence-electron chi connectivity index (χ4n) is 2.83. The molecule has 2 amide bonds. The van der Waals surface area contributed by atoms with E-state index < -0.39 is 6.03 Å². The average Bonchev–Trinajstić information content (AvgIpc) is 3.08. The number of aromatic nitrogens is 3. The molecule has 0 unspecified atom stereocenters. The van der Waals surface area contributed by atoms with Gasteiger partial charge in [-0.05, 0) is 55.0 Å². The summed E-state index contributed by atoms with van der Waals surface area (Å²) in [6, 6.07) is 17.1. The van der Waals surface area contributed by atoms with Crippen LogP contribution >= 0.6 is 11.6 Å². The number of nitrogens with one attached hydrogen (secondary N) is 2. The Kier molecular flexibility index (Phi) is 4.58. The predicted molar refractivity (Wildman–Crippen MR) is 109 cm³/mol. The lowest BCUT2D eigenvalue weighted by molar-refractivity contribution is 0.262. The van der Waals surface area contributed by atoms with E-state index in [2.05, 4.69) is 20.8 Å². The molecule has 4 aromatic rings. The molecule has 0 aliphatic carbocycles. The molecule has 7 nitrogen and oxygen atoms in total. The summed E-state index contributed by atoms with van der Waals surface area (Å²) in [4.78, 5) is 13.7. The van der Waals surface area contributed by atoms with Crippen molar-refractivity contribution in [3.05, 3.63) is 71.2 Å². The number of hydrogen-bond acceptors (Lipinski definition) is 4. The number of benzene rings is 3. The summed E-state index contributed by atoms with van der Waals surface area (Å²) in [5.74, 6) is -0.132. The van der Waals surface area contributed by atoms with Gasteiger partial charge in [-0.1, -0.05) is 29.8 Å². The standard InChI is InChI=1S/C20H16ClN5O2/c1-12-9-17(23-20(28)22-14-6-4-5-13(21)11-14)19(27)18(10-12)26-24-15-7-2-3-8-16(15)25-26/h2-11,27H,1H3,(H2,22,23,28). The number of fused-ring (bicyclic) bond motifs is 1. The number of anilines is 2. The maximum Gasteiger partial charge on any atom is 0.323 e. The quantitative estimate of drug-likeness (QED) is 0.439. The molecule has 140 valence electrons. The lowest BCUT2D eigenvalue weighted by Gasteiger charge is -2.13. The Bertz CT molecular complexity index is 1160. The second-order valence-electron chi connectivity index (χ2n) is 6.25. The van der Waals surface area contributed by atoms with E-state index in [1.807, 2.05) is 31.2 Å². The molecule has 8 heteroatoms. The van der Waals surface area contributed by atoms with Gasteiger partial charge in [0, 0.05) is 10.7 Å². The van der Waals surface area contributed by atoms with Crippen LogP contribution in [0, 0.1) is 6.92 Å². The van der Waals surface area contributed by atoms with Crippen LogP contribution < -0.4 is 10.6 Å². The van der Waals surface area contributed by atoms with Crippen molar-refractivity contribution < 1.29 is 9.90 Å². The van der Waals surface area contributed by atoms with E-state index >= 15 is 0 Å². The fraction of sp³-hybridized carbons (Fsp3) is 0.0500. The van der Waals surface area contributed by atoms with Crippen molar-refractivity contribution in [2.75, 3.05) is 10.6 Å². The van der Waals surface area contributed by atoms with Gasteiger partial charge in [0.15, 0.2) is 5.75 Å². The largest absolute Gasteiger partial charge is 0.504 e. The van der Waals surface area contributed by atoms with E-state index in [1.165, 1.54) is 4.80 Å². The number of aryl methyl sites for hydroxylation is 1. The number of urea groups is 1. The highest BCUT2D eigenvalue weighted by Crippen LogP contribution is 2.32. The zero-order valence-electron chi connectivity index (χ0n) is 14.8. The Hall–Kier alpha value is -3.58. The minimum absolute atomic E-state index is 0.132. The number of aromatic hydroxyl groups is 1. The first kappa shape index (κ1) is 17.8. The van der Waals surface area contributed by atoms with Crippen molar-refractivity contribution in [2.45, 2.75) is 6.92 Å². The molecule has 1 aromatic heterocycles. The van der Waals surface area contributed by atoms with Crippen molar-refractivity contribution in [2.24, 2.45) is 0 Å². The van der Waals surface area contributed by atoms with E-state index in [-0.39, 0.29) is 11.4 Å². The smallest absolute Gasteiger partial charge is 0.323 e. The molecule has 0 aliphatic rings. The zero-order chi connectivity index (χ0) is 19.7. The molecule has 0 radical (unpaired) electrons. The molecule has 28 heavy (non-hydrogen) atoms. The number of hydrogen-bond donors (Lipinski definition) is 3. The number of phenolic OH excluding ortho intramolecular Hbond substituents is 1. The van der Waals surface area contributed by atoms with Crippen molar-refractivity contribution in [1.82, 2.24) is 15.0 Å². The molecule has 3 N–H and O–H groups in total. The minimum Gasteiger partial charge on any atom is -0.504 e. The number of phenols is 1. The molecule has 0 saturated carbocycles. The molecule has 0 fully saturated rings. The Labute approximate surface area is 165 Å². The molecule has 0 bridgehead atoms.